The van der Waals surface area contributed by atoms with Crippen molar-refractivity contribution >= 4 is 27.3 Å². The molecule has 3 heterocycles. The smallest absolute Gasteiger partial charge is 0.217 e. The van der Waals surface area contributed by atoms with Crippen molar-refractivity contribution in [1.29, 1.82) is 0 Å². The van der Waals surface area contributed by atoms with Crippen molar-refractivity contribution in [2.75, 3.05) is 6.54 Å². The standard InChI is InChI=1S/C18H20N4OS/c1-13(23)19-10-15-9-16-11-21(6-7-22(16)20-15)12-17-8-14-4-2-3-5-18(14)24-17/h2-5,8-9H,6-7,10-12H2,1H3,(H,19,23). The number of hydrogen-bond donors (Lipinski definition) is 1. The molecule has 1 aliphatic heterocycles. The molecule has 124 valence electrons. The summed E-state index contributed by atoms with van der Waals surface area (Å²) in [4.78, 5) is 14.9. The van der Waals surface area contributed by atoms with E-state index >= 15 is 0 Å². The van der Waals surface area contributed by atoms with E-state index in [-0.39, 0.29) is 5.91 Å². The maximum atomic E-state index is 11.0. The fraction of sp³-hybridized carbons (Fsp3) is 0.333. The van der Waals surface area contributed by atoms with Crippen LogP contribution in [0.1, 0.15) is 23.2 Å². The van der Waals surface area contributed by atoms with Crippen LogP contribution in [0.25, 0.3) is 10.1 Å². The Hall–Kier alpha value is -2.18. The van der Waals surface area contributed by atoms with Crippen LogP contribution >= 0.6 is 11.3 Å². The number of carbonyl (C=O) groups is 1. The van der Waals surface area contributed by atoms with E-state index in [1.54, 1.807) is 0 Å². The maximum Gasteiger partial charge on any atom is 0.217 e. The number of benzene rings is 1. The molecule has 1 aliphatic rings. The van der Waals surface area contributed by atoms with Crippen molar-refractivity contribution in [3.63, 3.8) is 0 Å². The molecule has 0 saturated heterocycles. The van der Waals surface area contributed by atoms with Crippen LogP contribution in [0, 0.1) is 0 Å². The van der Waals surface area contributed by atoms with Gasteiger partial charge in [-0.3, -0.25) is 14.4 Å². The van der Waals surface area contributed by atoms with E-state index in [9.17, 15) is 4.79 Å². The first-order chi connectivity index (χ1) is 11.7. The highest BCUT2D eigenvalue weighted by molar-refractivity contribution is 7.19. The molecule has 2 aromatic heterocycles. The van der Waals surface area contributed by atoms with Crippen molar-refractivity contribution in [2.45, 2.75) is 33.1 Å². The predicted molar refractivity (Wildman–Crippen MR) is 95.7 cm³/mol. The predicted octanol–water partition coefficient (Wildman–Crippen LogP) is 2.75. The minimum absolute atomic E-state index is 0.0210. The molecule has 0 fully saturated rings. The van der Waals surface area contributed by atoms with Crippen LogP contribution in [0.3, 0.4) is 0 Å². The third-order valence-corrected chi connectivity index (χ3v) is 5.40. The molecule has 1 N–H and O–H groups in total. The normalized spacial score (nSPS) is 14.7. The van der Waals surface area contributed by atoms with Crippen molar-refractivity contribution in [1.82, 2.24) is 20.0 Å². The Labute approximate surface area is 144 Å². The van der Waals surface area contributed by atoms with Crippen LogP contribution in [-0.4, -0.2) is 27.1 Å². The second kappa shape index (κ2) is 6.37. The Balaban J connectivity index is 1.44. The molecule has 3 aromatic rings. The first-order valence-corrected chi connectivity index (χ1v) is 8.99. The molecule has 1 amide bonds. The molecule has 5 nitrogen and oxygen atoms in total. The van der Waals surface area contributed by atoms with E-state index in [2.05, 4.69) is 56.4 Å². The van der Waals surface area contributed by atoms with Crippen molar-refractivity contribution in [3.05, 3.63) is 52.7 Å². The largest absolute Gasteiger partial charge is 0.351 e. The zero-order valence-electron chi connectivity index (χ0n) is 13.7. The van der Waals surface area contributed by atoms with E-state index < -0.39 is 0 Å². The highest BCUT2D eigenvalue weighted by Crippen LogP contribution is 2.27. The Bertz CT molecular complexity index is 849. The summed E-state index contributed by atoms with van der Waals surface area (Å²) in [6.45, 7) is 5.82. The summed E-state index contributed by atoms with van der Waals surface area (Å²) in [6.07, 6.45) is 0. The number of carbonyl (C=O) groups excluding carboxylic acids is 1. The average Bonchev–Trinajstić information content (AvgIpc) is 3.15. The topological polar surface area (TPSA) is 50.2 Å². The molecule has 0 saturated carbocycles. The van der Waals surface area contributed by atoms with E-state index in [4.69, 9.17) is 0 Å². The van der Waals surface area contributed by atoms with Gasteiger partial charge in [0.25, 0.3) is 0 Å². The van der Waals surface area contributed by atoms with Gasteiger partial charge < -0.3 is 5.32 Å². The molecule has 0 unspecified atom stereocenters. The van der Waals surface area contributed by atoms with Gasteiger partial charge >= 0.3 is 0 Å². The number of fused-ring (bicyclic) bond motifs is 2. The minimum Gasteiger partial charge on any atom is -0.351 e. The monoisotopic (exact) mass is 340 g/mol. The number of hydrogen-bond acceptors (Lipinski definition) is 4. The van der Waals surface area contributed by atoms with Gasteiger partial charge in [0.1, 0.15) is 0 Å². The zero-order chi connectivity index (χ0) is 16.5. The summed E-state index contributed by atoms with van der Waals surface area (Å²) in [5.74, 6) is -0.0210. The Morgan fingerprint density at radius 2 is 2.17 bits per heavy atom. The second-order valence-electron chi connectivity index (χ2n) is 6.22. The highest BCUT2D eigenvalue weighted by Gasteiger charge is 2.19. The fourth-order valence-electron chi connectivity index (χ4n) is 3.15. The molecular weight excluding hydrogens is 320 g/mol. The Morgan fingerprint density at radius 3 is 3.00 bits per heavy atom. The third-order valence-electron chi connectivity index (χ3n) is 4.30. The molecule has 0 spiro atoms. The lowest BCUT2D eigenvalue weighted by molar-refractivity contribution is -0.119. The third kappa shape index (κ3) is 3.20. The maximum absolute atomic E-state index is 11.0. The number of rotatable bonds is 4. The first kappa shape index (κ1) is 15.4. The van der Waals surface area contributed by atoms with E-state index in [1.807, 2.05) is 11.3 Å². The lowest BCUT2D eigenvalue weighted by Crippen LogP contribution is -2.33. The number of nitrogens with zero attached hydrogens (tertiary/aromatic N) is 3. The molecule has 24 heavy (non-hydrogen) atoms. The second-order valence-corrected chi connectivity index (χ2v) is 7.39. The fourth-order valence-corrected chi connectivity index (χ4v) is 4.26. The number of amides is 1. The summed E-state index contributed by atoms with van der Waals surface area (Å²) in [7, 11) is 0. The molecule has 1 aromatic carbocycles. The summed E-state index contributed by atoms with van der Waals surface area (Å²) in [5.41, 5.74) is 2.16. The Morgan fingerprint density at radius 1 is 1.29 bits per heavy atom. The molecule has 0 bridgehead atoms. The van der Waals surface area contributed by atoms with Gasteiger partial charge in [0, 0.05) is 36.1 Å². The number of aromatic nitrogens is 2. The SMILES string of the molecule is CC(=O)NCc1cc2n(n1)CCN(Cc1cc3ccccc3s1)C2. The highest BCUT2D eigenvalue weighted by atomic mass is 32.1. The minimum atomic E-state index is -0.0210. The van der Waals surface area contributed by atoms with Crippen molar-refractivity contribution < 1.29 is 4.79 Å². The van der Waals surface area contributed by atoms with Crippen molar-refractivity contribution in [3.8, 4) is 0 Å². The quantitative estimate of drug-likeness (QED) is 0.794. The first-order valence-electron chi connectivity index (χ1n) is 8.17. The van der Waals surface area contributed by atoms with Gasteiger partial charge in [-0.15, -0.1) is 11.3 Å². The zero-order valence-corrected chi connectivity index (χ0v) is 14.5. The van der Waals surface area contributed by atoms with Crippen LogP contribution < -0.4 is 5.32 Å². The van der Waals surface area contributed by atoms with E-state index in [0.29, 0.717) is 6.54 Å². The summed E-state index contributed by atoms with van der Waals surface area (Å²) in [5, 5.41) is 8.72. The molecule has 0 aliphatic carbocycles. The molecule has 4 rings (SSSR count). The molecule has 0 radical (unpaired) electrons. The van der Waals surface area contributed by atoms with Crippen LogP contribution in [0.4, 0.5) is 0 Å². The van der Waals surface area contributed by atoms with Crippen LogP contribution in [0.5, 0.6) is 0 Å². The summed E-state index contributed by atoms with van der Waals surface area (Å²) < 4.78 is 3.42. The lowest BCUT2D eigenvalue weighted by Gasteiger charge is -2.26. The average molecular weight is 340 g/mol. The lowest BCUT2D eigenvalue weighted by atomic mass is 10.2. The summed E-state index contributed by atoms with van der Waals surface area (Å²) in [6, 6.07) is 13.0. The summed E-state index contributed by atoms with van der Waals surface area (Å²) >= 11 is 1.88. The van der Waals surface area contributed by atoms with E-state index in [1.165, 1.54) is 27.6 Å². The molecule has 6 heteroatoms. The van der Waals surface area contributed by atoms with Gasteiger partial charge in [-0.2, -0.15) is 5.10 Å². The van der Waals surface area contributed by atoms with Gasteiger partial charge in [0.05, 0.1) is 24.5 Å². The van der Waals surface area contributed by atoms with Gasteiger partial charge in [-0.1, -0.05) is 18.2 Å². The van der Waals surface area contributed by atoms with Gasteiger partial charge in [-0.25, -0.2) is 0 Å². The number of nitrogens with one attached hydrogen (secondary N) is 1. The van der Waals surface area contributed by atoms with Gasteiger partial charge in [0.2, 0.25) is 5.91 Å². The number of thiophene rings is 1. The van der Waals surface area contributed by atoms with Crippen LogP contribution in [0.15, 0.2) is 36.4 Å². The molecular formula is C18H20N4OS. The van der Waals surface area contributed by atoms with Crippen LogP contribution in [0.2, 0.25) is 0 Å². The van der Waals surface area contributed by atoms with Crippen LogP contribution in [-0.2, 0) is 31.0 Å². The van der Waals surface area contributed by atoms with Crippen molar-refractivity contribution in [2.24, 2.45) is 0 Å². The van der Waals surface area contributed by atoms with E-state index in [0.717, 1.165) is 31.9 Å². The molecule has 0 atom stereocenters. The Kier molecular flexibility index (Phi) is 4.08. The van der Waals surface area contributed by atoms with Gasteiger partial charge in [-0.05, 0) is 23.6 Å². The van der Waals surface area contributed by atoms with Gasteiger partial charge in [0.15, 0.2) is 0 Å².